The topological polar surface area (TPSA) is 68.4 Å². The van der Waals surface area contributed by atoms with Crippen molar-refractivity contribution in [2.75, 3.05) is 0 Å². The van der Waals surface area contributed by atoms with E-state index in [1.165, 1.54) is 0 Å². The summed E-state index contributed by atoms with van der Waals surface area (Å²) in [4.78, 5) is 4.86. The molecule has 3 fully saturated rings. The first-order valence-corrected chi connectivity index (χ1v) is 15.1. The molecule has 5 nitrogen and oxygen atoms in total. The van der Waals surface area contributed by atoms with Crippen LogP contribution in [0.15, 0.2) is 45.4 Å². The van der Waals surface area contributed by atoms with E-state index in [1.54, 1.807) is 11.3 Å². The van der Waals surface area contributed by atoms with Crippen molar-refractivity contribution in [2.45, 2.75) is 62.8 Å². The molecule has 0 saturated heterocycles. The number of hydrogen-bond donors (Lipinski definition) is 1. The van der Waals surface area contributed by atoms with Gasteiger partial charge < -0.3 is 14.4 Å². The molecule has 0 amide bonds. The average Bonchev–Trinajstić information content (AvgIpc) is 3.46. The van der Waals surface area contributed by atoms with Crippen LogP contribution in [-0.4, -0.2) is 21.4 Å². The highest BCUT2D eigenvalue weighted by Gasteiger charge is 2.56. The SMILES string of the molecule is O[C@@]1(c2nc3ccc(Br)cc3s2)[C@@H]2CC[C@H]1C[C@@H](OCc1c(-c3c(Cl)cccc3Cl)noc1C1CC1)C2. The molecule has 2 bridgehead atoms. The van der Waals surface area contributed by atoms with E-state index in [1.807, 2.05) is 30.3 Å². The number of nitrogens with zero attached hydrogens (tertiary/aromatic N) is 2. The number of rotatable bonds is 6. The number of fused-ring (bicyclic) bond motifs is 3. The number of ether oxygens (including phenoxy) is 1. The Balaban J connectivity index is 1.13. The molecule has 2 aromatic heterocycles. The monoisotopic (exact) mass is 618 g/mol. The Hall–Kier alpha value is -1.48. The zero-order chi connectivity index (χ0) is 25.3. The first kappa shape index (κ1) is 24.6. The smallest absolute Gasteiger partial charge is 0.145 e. The van der Waals surface area contributed by atoms with E-state index in [0.717, 1.165) is 69.5 Å². The third-order valence-corrected chi connectivity index (χ3v) is 10.6. The third-order valence-electron chi connectivity index (χ3n) is 8.33. The van der Waals surface area contributed by atoms with Gasteiger partial charge in [0.15, 0.2) is 0 Å². The molecule has 7 rings (SSSR count). The minimum atomic E-state index is -0.886. The van der Waals surface area contributed by atoms with Crippen molar-refractivity contribution in [3.63, 3.8) is 0 Å². The quantitative estimate of drug-likeness (QED) is 0.234. The van der Waals surface area contributed by atoms with Crippen LogP contribution in [0.2, 0.25) is 10.0 Å². The molecule has 4 aromatic rings. The van der Waals surface area contributed by atoms with Crippen LogP contribution in [0, 0.1) is 11.8 Å². The lowest BCUT2D eigenvalue weighted by atomic mass is 9.73. The summed E-state index contributed by atoms with van der Waals surface area (Å²) < 4.78 is 14.5. The fraction of sp³-hybridized carbons (Fsp3) is 0.429. The van der Waals surface area contributed by atoms with Gasteiger partial charge in [-0.3, -0.25) is 0 Å². The summed E-state index contributed by atoms with van der Waals surface area (Å²) in [5, 5.41) is 18.3. The molecule has 1 N–H and O–H groups in total. The van der Waals surface area contributed by atoms with Gasteiger partial charge in [0.1, 0.15) is 22.1 Å². The van der Waals surface area contributed by atoms with Crippen molar-refractivity contribution in [1.29, 1.82) is 0 Å². The molecule has 9 heteroatoms. The molecular weight excluding hydrogens is 595 g/mol. The minimum Gasteiger partial charge on any atom is -0.382 e. The lowest BCUT2D eigenvalue weighted by Crippen LogP contribution is -2.44. The molecule has 3 aliphatic rings. The van der Waals surface area contributed by atoms with E-state index in [0.29, 0.717) is 33.8 Å². The van der Waals surface area contributed by atoms with E-state index in [9.17, 15) is 5.11 Å². The van der Waals surface area contributed by atoms with Gasteiger partial charge in [-0.1, -0.05) is 50.4 Å². The van der Waals surface area contributed by atoms with Crippen molar-refractivity contribution in [3.8, 4) is 11.3 Å². The fourth-order valence-electron chi connectivity index (χ4n) is 6.31. The van der Waals surface area contributed by atoms with Crippen LogP contribution in [-0.2, 0) is 16.9 Å². The maximum atomic E-state index is 12.0. The van der Waals surface area contributed by atoms with Gasteiger partial charge in [-0.25, -0.2) is 4.98 Å². The third kappa shape index (κ3) is 4.17. The Morgan fingerprint density at radius 3 is 2.51 bits per heavy atom. The van der Waals surface area contributed by atoms with E-state index < -0.39 is 5.60 Å². The van der Waals surface area contributed by atoms with Crippen LogP contribution in [0.1, 0.15) is 60.8 Å². The normalized spacial score (nSPS) is 27.3. The zero-order valence-electron chi connectivity index (χ0n) is 19.9. The maximum absolute atomic E-state index is 12.0. The predicted octanol–water partition coefficient (Wildman–Crippen LogP) is 8.49. The number of halogens is 3. The largest absolute Gasteiger partial charge is 0.382 e. The van der Waals surface area contributed by atoms with Gasteiger partial charge in [-0.15, -0.1) is 11.3 Å². The predicted molar refractivity (Wildman–Crippen MR) is 149 cm³/mol. The second kappa shape index (κ2) is 9.32. The van der Waals surface area contributed by atoms with Crippen molar-refractivity contribution in [2.24, 2.45) is 11.8 Å². The number of benzene rings is 2. The minimum absolute atomic E-state index is 0.0535. The second-order valence-electron chi connectivity index (χ2n) is 10.6. The van der Waals surface area contributed by atoms with Crippen molar-refractivity contribution in [3.05, 3.63) is 67.2 Å². The van der Waals surface area contributed by atoms with Gasteiger partial charge in [0.25, 0.3) is 0 Å². The number of thiazole rings is 1. The summed E-state index contributed by atoms with van der Waals surface area (Å²) in [7, 11) is 0. The molecule has 0 unspecified atom stereocenters. The van der Waals surface area contributed by atoms with Crippen LogP contribution >= 0.6 is 50.5 Å². The van der Waals surface area contributed by atoms with Crippen LogP contribution in [0.25, 0.3) is 21.5 Å². The summed E-state index contributed by atoms with van der Waals surface area (Å²) in [5.74, 6) is 1.53. The Kier molecular flexibility index (Phi) is 6.18. The van der Waals surface area contributed by atoms with Gasteiger partial charge in [-0.2, -0.15) is 0 Å². The molecule has 2 heterocycles. The van der Waals surface area contributed by atoms with E-state index in [-0.39, 0.29) is 17.9 Å². The molecule has 0 radical (unpaired) electrons. The molecule has 2 aromatic carbocycles. The first-order valence-electron chi connectivity index (χ1n) is 12.7. The molecule has 4 atom stereocenters. The van der Waals surface area contributed by atoms with Crippen LogP contribution < -0.4 is 0 Å². The second-order valence-corrected chi connectivity index (χ2v) is 13.3. The Labute approximate surface area is 237 Å². The van der Waals surface area contributed by atoms with Gasteiger partial charge in [0.2, 0.25) is 0 Å². The highest BCUT2D eigenvalue weighted by molar-refractivity contribution is 9.10. The van der Waals surface area contributed by atoms with Crippen molar-refractivity contribution >= 4 is 60.7 Å². The van der Waals surface area contributed by atoms with Gasteiger partial charge in [0.05, 0.1) is 33.0 Å². The first-order chi connectivity index (χ1) is 17.9. The Morgan fingerprint density at radius 2 is 1.81 bits per heavy atom. The standard InChI is InChI=1S/C28H25BrCl2N2O3S/c29-17-8-9-22-23(12-17)37-27(32-22)28(34)15-6-7-16(28)11-18(10-15)35-13-19-25(33-36-26(19)14-4-5-14)24-20(30)2-1-3-21(24)31/h1-3,8-9,12,14-16,18,34H,4-7,10-11,13H2/t15-,16+,18+,28+. The summed E-state index contributed by atoms with van der Waals surface area (Å²) in [5.41, 5.74) is 2.37. The average molecular weight is 620 g/mol. The van der Waals surface area contributed by atoms with E-state index >= 15 is 0 Å². The maximum Gasteiger partial charge on any atom is 0.145 e. The molecule has 0 aliphatic heterocycles. The number of hydrogen-bond acceptors (Lipinski definition) is 6. The summed E-state index contributed by atoms with van der Waals surface area (Å²) >= 11 is 18.2. The van der Waals surface area contributed by atoms with Crippen LogP contribution in [0.4, 0.5) is 0 Å². The molecule has 3 aliphatic carbocycles. The zero-order valence-corrected chi connectivity index (χ0v) is 23.8. The number of aromatic nitrogens is 2. The molecule has 192 valence electrons. The highest BCUT2D eigenvalue weighted by atomic mass is 79.9. The fourth-order valence-corrected chi connectivity index (χ4v) is 8.65. The summed E-state index contributed by atoms with van der Waals surface area (Å²) in [6.07, 6.45) is 5.83. The Morgan fingerprint density at radius 1 is 1.08 bits per heavy atom. The molecule has 3 saturated carbocycles. The lowest BCUT2D eigenvalue weighted by Gasteiger charge is -2.41. The molecule has 0 spiro atoms. The van der Waals surface area contributed by atoms with Crippen LogP contribution in [0.5, 0.6) is 0 Å². The molecular formula is C28H25BrCl2N2O3S. The summed E-state index contributed by atoms with van der Waals surface area (Å²) in [6, 6.07) is 11.6. The van der Waals surface area contributed by atoms with Gasteiger partial charge in [-0.05, 0) is 80.7 Å². The number of aliphatic hydroxyl groups is 1. The van der Waals surface area contributed by atoms with E-state index in [4.69, 9.17) is 37.4 Å². The van der Waals surface area contributed by atoms with Crippen molar-refractivity contribution < 1.29 is 14.4 Å². The van der Waals surface area contributed by atoms with Crippen molar-refractivity contribution in [1.82, 2.24) is 10.1 Å². The van der Waals surface area contributed by atoms with Crippen LogP contribution in [0.3, 0.4) is 0 Å². The van der Waals surface area contributed by atoms with E-state index in [2.05, 4.69) is 27.2 Å². The van der Waals surface area contributed by atoms with Gasteiger partial charge in [0, 0.05) is 21.5 Å². The van der Waals surface area contributed by atoms with Gasteiger partial charge >= 0.3 is 0 Å². The lowest BCUT2D eigenvalue weighted by molar-refractivity contribution is -0.116. The molecule has 37 heavy (non-hydrogen) atoms. The summed E-state index contributed by atoms with van der Waals surface area (Å²) in [6.45, 7) is 0.393. The highest BCUT2D eigenvalue weighted by Crippen LogP contribution is 2.57. The Bertz CT molecular complexity index is 1470.